The van der Waals surface area contributed by atoms with Gasteiger partial charge in [0.05, 0.1) is 18.2 Å². The zero-order valence-electron chi connectivity index (χ0n) is 11.2. The normalized spacial score (nSPS) is 11.3. The minimum absolute atomic E-state index is 0.0579. The first kappa shape index (κ1) is 15.6. The van der Waals surface area contributed by atoms with E-state index in [0.717, 1.165) is 31.5 Å². The van der Waals surface area contributed by atoms with Crippen molar-refractivity contribution in [1.29, 1.82) is 0 Å². The van der Waals surface area contributed by atoms with Crippen LogP contribution in [0.4, 0.5) is 13.2 Å². The Morgan fingerprint density at radius 2 is 1.95 bits per heavy atom. The Kier molecular flexibility index (Phi) is 3.94. The van der Waals surface area contributed by atoms with Crippen LogP contribution < -0.4 is 10.3 Å². The van der Waals surface area contributed by atoms with Crippen molar-refractivity contribution in [2.45, 2.75) is 6.18 Å². The molecule has 2 aromatic rings. The number of nitrogens with one attached hydrogen (secondary N) is 1. The first-order valence-electron chi connectivity index (χ1n) is 5.95. The maximum absolute atomic E-state index is 13.0. The van der Waals surface area contributed by atoms with Crippen molar-refractivity contribution in [3.8, 4) is 16.9 Å². The molecule has 0 saturated heterocycles. The third kappa shape index (κ3) is 2.95. The van der Waals surface area contributed by atoms with E-state index in [0.29, 0.717) is 0 Å². The third-order valence-electron chi connectivity index (χ3n) is 2.97. The molecule has 5 nitrogen and oxygen atoms in total. The van der Waals surface area contributed by atoms with Crippen molar-refractivity contribution in [1.82, 2.24) is 4.98 Å². The van der Waals surface area contributed by atoms with Gasteiger partial charge in [0.25, 0.3) is 5.56 Å². The van der Waals surface area contributed by atoms with Crippen molar-refractivity contribution in [2.75, 3.05) is 7.11 Å². The van der Waals surface area contributed by atoms with Gasteiger partial charge in [0.15, 0.2) is 0 Å². The van der Waals surface area contributed by atoms with Crippen LogP contribution in [0.1, 0.15) is 15.9 Å². The van der Waals surface area contributed by atoms with E-state index in [1.54, 1.807) is 0 Å². The first-order chi connectivity index (χ1) is 10.2. The third-order valence-corrected chi connectivity index (χ3v) is 2.97. The Bertz CT molecular complexity index is 780. The summed E-state index contributed by atoms with van der Waals surface area (Å²) < 4.78 is 43.6. The second-order valence-corrected chi connectivity index (χ2v) is 4.35. The molecule has 2 N–H and O–H groups in total. The van der Waals surface area contributed by atoms with Crippen LogP contribution >= 0.6 is 0 Å². The summed E-state index contributed by atoms with van der Waals surface area (Å²) >= 11 is 0. The maximum atomic E-state index is 13.0. The van der Waals surface area contributed by atoms with Gasteiger partial charge in [-0.15, -0.1) is 0 Å². The monoisotopic (exact) mass is 313 g/mol. The molecule has 0 atom stereocenters. The number of aromatic carboxylic acids is 1. The highest BCUT2D eigenvalue weighted by Gasteiger charge is 2.34. The average Bonchev–Trinajstić information content (AvgIpc) is 2.46. The van der Waals surface area contributed by atoms with Gasteiger partial charge in [-0.25, -0.2) is 4.79 Å². The summed E-state index contributed by atoms with van der Waals surface area (Å²) in [6, 6.07) is 4.09. The van der Waals surface area contributed by atoms with Crippen LogP contribution in [0.25, 0.3) is 11.1 Å². The van der Waals surface area contributed by atoms with E-state index in [1.165, 1.54) is 6.07 Å². The Hall–Kier alpha value is -2.77. The summed E-state index contributed by atoms with van der Waals surface area (Å²) in [5.74, 6) is -1.69. The van der Waals surface area contributed by atoms with E-state index in [1.807, 2.05) is 0 Å². The van der Waals surface area contributed by atoms with Gasteiger partial charge >= 0.3 is 12.1 Å². The fourth-order valence-electron chi connectivity index (χ4n) is 1.92. The van der Waals surface area contributed by atoms with Crippen LogP contribution in [-0.4, -0.2) is 23.2 Å². The highest BCUT2D eigenvalue weighted by Crippen LogP contribution is 2.38. The van der Waals surface area contributed by atoms with E-state index in [-0.39, 0.29) is 22.4 Å². The number of carboxylic acid groups (broad SMARTS) is 1. The zero-order chi connectivity index (χ0) is 16.5. The number of benzene rings is 1. The second-order valence-electron chi connectivity index (χ2n) is 4.35. The molecular formula is C14H10F3NO4. The number of alkyl halides is 3. The molecule has 0 aliphatic heterocycles. The van der Waals surface area contributed by atoms with Crippen LogP contribution in [0.5, 0.6) is 5.75 Å². The quantitative estimate of drug-likeness (QED) is 0.913. The number of ether oxygens (including phenoxy) is 1. The van der Waals surface area contributed by atoms with Gasteiger partial charge in [0.1, 0.15) is 5.75 Å². The number of carbonyl (C=O) groups is 1. The number of aromatic amines is 1. The number of rotatable bonds is 3. The average molecular weight is 313 g/mol. The van der Waals surface area contributed by atoms with Crippen LogP contribution in [0, 0.1) is 0 Å². The molecule has 0 aliphatic carbocycles. The Morgan fingerprint density at radius 1 is 1.27 bits per heavy atom. The molecule has 22 heavy (non-hydrogen) atoms. The summed E-state index contributed by atoms with van der Waals surface area (Å²) in [5, 5.41) is 8.89. The molecule has 0 aliphatic rings. The van der Waals surface area contributed by atoms with Crippen molar-refractivity contribution >= 4 is 5.97 Å². The number of carboxylic acids is 1. The van der Waals surface area contributed by atoms with Crippen molar-refractivity contribution in [3.05, 3.63) is 51.9 Å². The summed E-state index contributed by atoms with van der Waals surface area (Å²) in [4.78, 5) is 24.8. The number of pyridine rings is 1. The van der Waals surface area contributed by atoms with Crippen LogP contribution in [0.15, 0.2) is 35.3 Å². The summed E-state index contributed by atoms with van der Waals surface area (Å²) in [6.07, 6.45) is -3.69. The fraction of sp³-hybridized carbons (Fsp3) is 0.143. The number of hydrogen-bond acceptors (Lipinski definition) is 3. The van der Waals surface area contributed by atoms with Crippen molar-refractivity contribution in [3.63, 3.8) is 0 Å². The molecule has 1 heterocycles. The zero-order valence-corrected chi connectivity index (χ0v) is 11.2. The molecule has 0 spiro atoms. The Balaban J connectivity index is 2.66. The van der Waals surface area contributed by atoms with Crippen LogP contribution in [0.2, 0.25) is 0 Å². The maximum Gasteiger partial charge on any atom is 0.419 e. The van der Waals surface area contributed by atoms with Gasteiger partial charge in [0, 0.05) is 11.8 Å². The van der Waals surface area contributed by atoms with E-state index in [9.17, 15) is 22.8 Å². The Labute approximate surface area is 122 Å². The molecule has 0 saturated carbocycles. The lowest BCUT2D eigenvalue weighted by Gasteiger charge is -2.13. The molecule has 0 unspecified atom stereocenters. The van der Waals surface area contributed by atoms with Gasteiger partial charge in [0.2, 0.25) is 0 Å². The van der Waals surface area contributed by atoms with Gasteiger partial charge in [-0.1, -0.05) is 6.07 Å². The lowest BCUT2D eigenvalue weighted by atomic mass is 10.0. The highest BCUT2D eigenvalue weighted by molar-refractivity contribution is 5.88. The van der Waals surface area contributed by atoms with Gasteiger partial charge in [-0.3, -0.25) is 4.79 Å². The highest BCUT2D eigenvalue weighted by atomic mass is 19.4. The van der Waals surface area contributed by atoms with E-state index in [2.05, 4.69) is 9.72 Å². The number of halogens is 3. The molecule has 0 fully saturated rings. The predicted octanol–water partition coefficient (Wildman–Crippen LogP) is 2.77. The van der Waals surface area contributed by atoms with E-state index >= 15 is 0 Å². The molecule has 2 rings (SSSR count). The van der Waals surface area contributed by atoms with E-state index < -0.39 is 23.3 Å². The predicted molar refractivity (Wildman–Crippen MR) is 71.0 cm³/mol. The fourth-order valence-corrected chi connectivity index (χ4v) is 1.92. The standard InChI is InChI=1S/C14H10F3NO4/c1-22-11-3-2-7(5-10(11)14(15,16)17)9-4-8(13(20)21)6-18-12(9)19/h2-6H,1H3,(H,18,19)(H,20,21). The largest absolute Gasteiger partial charge is 0.496 e. The van der Waals surface area contributed by atoms with Crippen molar-refractivity contribution < 1.29 is 27.8 Å². The van der Waals surface area contributed by atoms with E-state index in [4.69, 9.17) is 5.11 Å². The second kappa shape index (κ2) is 5.55. The Morgan fingerprint density at radius 3 is 2.50 bits per heavy atom. The van der Waals surface area contributed by atoms with Gasteiger partial charge in [-0.2, -0.15) is 13.2 Å². The molecule has 0 radical (unpaired) electrons. The lowest BCUT2D eigenvalue weighted by molar-refractivity contribution is -0.138. The van der Waals surface area contributed by atoms with Gasteiger partial charge < -0.3 is 14.8 Å². The number of methoxy groups -OCH3 is 1. The SMILES string of the molecule is COc1ccc(-c2cc(C(=O)O)c[nH]c2=O)cc1C(F)(F)F. The van der Waals surface area contributed by atoms with Crippen LogP contribution in [-0.2, 0) is 6.18 Å². The number of H-pyrrole nitrogens is 1. The minimum atomic E-state index is -4.67. The smallest absolute Gasteiger partial charge is 0.419 e. The topological polar surface area (TPSA) is 79.4 Å². The van der Waals surface area contributed by atoms with Gasteiger partial charge in [-0.05, 0) is 23.8 Å². The number of aromatic nitrogens is 1. The number of hydrogen-bond donors (Lipinski definition) is 2. The lowest BCUT2D eigenvalue weighted by Crippen LogP contribution is -2.13. The molecular weight excluding hydrogens is 303 g/mol. The molecule has 116 valence electrons. The minimum Gasteiger partial charge on any atom is -0.496 e. The summed E-state index contributed by atoms with van der Waals surface area (Å²) in [5.41, 5.74) is -2.21. The van der Waals surface area contributed by atoms with Crippen molar-refractivity contribution in [2.24, 2.45) is 0 Å². The molecule has 8 heteroatoms. The van der Waals surface area contributed by atoms with Crippen LogP contribution in [0.3, 0.4) is 0 Å². The molecule has 1 aromatic heterocycles. The first-order valence-corrected chi connectivity index (χ1v) is 5.95. The summed E-state index contributed by atoms with van der Waals surface area (Å²) in [7, 11) is 1.10. The summed E-state index contributed by atoms with van der Waals surface area (Å²) in [6.45, 7) is 0. The molecule has 1 aromatic carbocycles. The molecule has 0 bridgehead atoms. The molecule has 0 amide bonds.